The van der Waals surface area contributed by atoms with Gasteiger partial charge in [0.2, 0.25) is 0 Å². The quantitative estimate of drug-likeness (QED) is 0.772. The minimum atomic E-state index is -0.239. The minimum Gasteiger partial charge on any atom is -0.465 e. The van der Waals surface area contributed by atoms with E-state index in [1.165, 1.54) is 7.11 Å². The molecule has 0 N–H and O–H groups in total. The van der Waals surface area contributed by atoms with E-state index in [0.29, 0.717) is 5.56 Å². The van der Waals surface area contributed by atoms with Crippen LogP contribution in [0.15, 0.2) is 36.4 Å². The molecule has 0 saturated carbocycles. The summed E-state index contributed by atoms with van der Waals surface area (Å²) in [4.78, 5) is 14.0. The summed E-state index contributed by atoms with van der Waals surface area (Å²) in [5, 5.41) is 0. The van der Waals surface area contributed by atoms with Crippen LogP contribution in [0.25, 0.3) is 10.4 Å². The van der Waals surface area contributed by atoms with E-state index in [9.17, 15) is 4.79 Å². The molecule has 2 aromatic rings. The highest BCUT2D eigenvalue weighted by molar-refractivity contribution is 7.15. The van der Waals surface area contributed by atoms with Crippen LogP contribution in [0.5, 0.6) is 0 Å². The summed E-state index contributed by atoms with van der Waals surface area (Å²) in [7, 11) is 1.43. The fourth-order valence-electron chi connectivity index (χ4n) is 1.87. The lowest BCUT2D eigenvalue weighted by Crippen LogP contribution is -2.02. The van der Waals surface area contributed by atoms with Gasteiger partial charge in [-0.1, -0.05) is 43.7 Å². The second kappa shape index (κ2) is 5.83. The molecule has 1 heterocycles. The van der Waals surface area contributed by atoms with Crippen LogP contribution in [0.2, 0.25) is 0 Å². The first-order chi connectivity index (χ1) is 8.76. The van der Waals surface area contributed by atoms with Crippen LogP contribution >= 0.6 is 11.3 Å². The summed E-state index contributed by atoms with van der Waals surface area (Å²) in [5.74, 6) is -0.239. The van der Waals surface area contributed by atoms with Gasteiger partial charge in [0.15, 0.2) is 0 Å². The van der Waals surface area contributed by atoms with E-state index in [0.717, 1.165) is 28.2 Å². The van der Waals surface area contributed by atoms with Crippen molar-refractivity contribution in [3.8, 4) is 10.4 Å². The fourth-order valence-corrected chi connectivity index (χ4v) is 3.12. The summed E-state index contributed by atoms with van der Waals surface area (Å²) in [6, 6.07) is 12.1. The Morgan fingerprint density at radius 2 is 2.00 bits per heavy atom. The highest BCUT2D eigenvalue weighted by Crippen LogP contribution is 2.32. The van der Waals surface area contributed by atoms with Crippen LogP contribution in [-0.2, 0) is 11.2 Å². The smallest absolute Gasteiger partial charge is 0.339 e. The molecule has 0 fully saturated rings. The normalized spacial score (nSPS) is 10.3. The van der Waals surface area contributed by atoms with Gasteiger partial charge in [0.25, 0.3) is 0 Å². The molecule has 0 bridgehead atoms. The molecule has 0 aliphatic carbocycles. The molecule has 0 aliphatic rings. The van der Waals surface area contributed by atoms with Crippen molar-refractivity contribution in [3.05, 3.63) is 46.8 Å². The van der Waals surface area contributed by atoms with Gasteiger partial charge in [0.05, 0.1) is 12.7 Å². The molecule has 0 amide bonds. The Hall–Kier alpha value is -1.61. The van der Waals surface area contributed by atoms with Crippen molar-refractivity contribution in [2.24, 2.45) is 0 Å². The molecule has 2 rings (SSSR count). The number of carbonyl (C=O) groups excluding carboxylic acids is 1. The maximum atomic E-state index is 11.7. The monoisotopic (exact) mass is 260 g/mol. The molecule has 94 valence electrons. The summed E-state index contributed by atoms with van der Waals surface area (Å²) in [5.41, 5.74) is 1.86. The Bertz CT molecular complexity index is 529. The zero-order valence-corrected chi connectivity index (χ0v) is 11.4. The Balaban J connectivity index is 2.42. The van der Waals surface area contributed by atoms with Gasteiger partial charge in [-0.2, -0.15) is 0 Å². The number of carbonyl (C=O) groups is 1. The van der Waals surface area contributed by atoms with Crippen molar-refractivity contribution >= 4 is 17.3 Å². The van der Waals surface area contributed by atoms with Gasteiger partial charge in [-0.05, 0) is 18.1 Å². The zero-order chi connectivity index (χ0) is 13.0. The van der Waals surface area contributed by atoms with E-state index < -0.39 is 0 Å². The number of hydrogen-bond donors (Lipinski definition) is 0. The predicted octanol–water partition coefficient (Wildman–Crippen LogP) is 4.15. The molecule has 1 aromatic heterocycles. The topological polar surface area (TPSA) is 26.3 Å². The van der Waals surface area contributed by atoms with Gasteiger partial charge < -0.3 is 4.74 Å². The van der Waals surface area contributed by atoms with E-state index in [1.54, 1.807) is 11.3 Å². The third-order valence-corrected chi connectivity index (χ3v) is 3.99. The van der Waals surface area contributed by atoms with E-state index in [-0.39, 0.29) is 5.97 Å². The first kappa shape index (κ1) is 12.8. The van der Waals surface area contributed by atoms with Gasteiger partial charge in [0, 0.05) is 9.75 Å². The van der Waals surface area contributed by atoms with Gasteiger partial charge >= 0.3 is 5.97 Å². The lowest BCUT2D eigenvalue weighted by atomic mass is 10.1. The van der Waals surface area contributed by atoms with Crippen LogP contribution in [0.1, 0.15) is 28.6 Å². The molecule has 0 saturated heterocycles. The van der Waals surface area contributed by atoms with Gasteiger partial charge in [-0.3, -0.25) is 0 Å². The molecular formula is C15H16O2S. The molecule has 18 heavy (non-hydrogen) atoms. The third kappa shape index (κ3) is 2.62. The van der Waals surface area contributed by atoms with E-state index in [1.807, 2.05) is 24.3 Å². The van der Waals surface area contributed by atoms with Crippen LogP contribution < -0.4 is 0 Å². The van der Waals surface area contributed by atoms with Crippen LogP contribution in [0, 0.1) is 0 Å². The zero-order valence-electron chi connectivity index (χ0n) is 10.6. The second-order valence-corrected chi connectivity index (χ2v) is 5.19. The van der Waals surface area contributed by atoms with Crippen molar-refractivity contribution in [3.63, 3.8) is 0 Å². The number of methoxy groups -OCH3 is 1. The lowest BCUT2D eigenvalue weighted by Gasteiger charge is -1.98. The first-order valence-electron chi connectivity index (χ1n) is 6.02. The summed E-state index contributed by atoms with van der Waals surface area (Å²) >= 11 is 1.68. The Kier molecular flexibility index (Phi) is 4.15. The van der Waals surface area contributed by atoms with Gasteiger partial charge in [-0.15, -0.1) is 11.3 Å². The summed E-state index contributed by atoms with van der Waals surface area (Å²) < 4.78 is 4.84. The van der Waals surface area contributed by atoms with Crippen LogP contribution in [0.3, 0.4) is 0 Å². The number of hydrogen-bond acceptors (Lipinski definition) is 3. The van der Waals surface area contributed by atoms with Crippen LogP contribution in [0.4, 0.5) is 0 Å². The maximum absolute atomic E-state index is 11.7. The van der Waals surface area contributed by atoms with Gasteiger partial charge in [0.1, 0.15) is 0 Å². The molecule has 2 nitrogen and oxygen atoms in total. The van der Waals surface area contributed by atoms with E-state index >= 15 is 0 Å². The first-order valence-corrected chi connectivity index (χ1v) is 6.84. The highest BCUT2D eigenvalue weighted by atomic mass is 32.1. The molecule has 0 atom stereocenters. The Labute approximate surface area is 111 Å². The number of rotatable bonds is 4. The Morgan fingerprint density at radius 1 is 1.28 bits per heavy atom. The third-order valence-electron chi connectivity index (χ3n) is 2.75. The van der Waals surface area contributed by atoms with Crippen molar-refractivity contribution < 1.29 is 9.53 Å². The SMILES string of the molecule is CCCc1sc(-c2ccccc2)cc1C(=O)OC. The maximum Gasteiger partial charge on any atom is 0.339 e. The predicted molar refractivity (Wildman–Crippen MR) is 75.1 cm³/mol. The number of aryl methyl sites for hydroxylation is 1. The molecule has 1 aromatic carbocycles. The molecule has 0 aliphatic heterocycles. The fraction of sp³-hybridized carbons (Fsp3) is 0.267. The van der Waals surface area contributed by atoms with Crippen molar-refractivity contribution in [1.29, 1.82) is 0 Å². The van der Waals surface area contributed by atoms with Gasteiger partial charge in [-0.25, -0.2) is 4.79 Å². The summed E-state index contributed by atoms with van der Waals surface area (Å²) in [6.07, 6.45) is 1.95. The molecule has 3 heteroatoms. The van der Waals surface area contributed by atoms with Crippen molar-refractivity contribution in [1.82, 2.24) is 0 Å². The molecular weight excluding hydrogens is 244 g/mol. The van der Waals surface area contributed by atoms with Crippen molar-refractivity contribution in [2.45, 2.75) is 19.8 Å². The molecule has 0 unspecified atom stereocenters. The average molecular weight is 260 g/mol. The largest absolute Gasteiger partial charge is 0.465 e. The average Bonchev–Trinajstić information content (AvgIpc) is 2.83. The standard InChI is InChI=1S/C15H16O2S/c1-3-7-13-12(15(16)17-2)10-14(18-13)11-8-5-4-6-9-11/h4-6,8-10H,3,7H2,1-2H3. The minimum absolute atomic E-state index is 0.239. The molecule has 0 radical (unpaired) electrons. The summed E-state index contributed by atoms with van der Waals surface area (Å²) in [6.45, 7) is 2.11. The second-order valence-electron chi connectivity index (χ2n) is 4.06. The number of ether oxygens (including phenoxy) is 1. The molecule has 0 spiro atoms. The van der Waals surface area contributed by atoms with E-state index in [2.05, 4.69) is 19.1 Å². The van der Waals surface area contributed by atoms with Crippen LogP contribution in [-0.4, -0.2) is 13.1 Å². The Morgan fingerprint density at radius 3 is 2.61 bits per heavy atom. The van der Waals surface area contributed by atoms with E-state index in [4.69, 9.17) is 4.74 Å². The lowest BCUT2D eigenvalue weighted by molar-refractivity contribution is 0.0600. The van der Waals surface area contributed by atoms with Crippen molar-refractivity contribution in [2.75, 3.05) is 7.11 Å². The number of thiophene rings is 1. The number of benzene rings is 1. The number of esters is 1. The highest BCUT2D eigenvalue weighted by Gasteiger charge is 2.16.